The van der Waals surface area contributed by atoms with E-state index < -0.39 is 5.97 Å². The summed E-state index contributed by atoms with van der Waals surface area (Å²) in [5.41, 5.74) is 0.530. The predicted molar refractivity (Wildman–Crippen MR) is 74.8 cm³/mol. The van der Waals surface area contributed by atoms with Crippen LogP contribution in [0.3, 0.4) is 0 Å². The molecule has 1 unspecified atom stereocenters. The number of carboxylic acid groups (broad SMARTS) is 1. The number of halogens is 1. The first-order chi connectivity index (χ1) is 9.66. The maximum absolute atomic E-state index is 14.0. The van der Waals surface area contributed by atoms with Gasteiger partial charge in [0.2, 0.25) is 0 Å². The largest absolute Gasteiger partial charge is 0.477 e. The summed E-state index contributed by atoms with van der Waals surface area (Å²) in [6, 6.07) is 4.92. The Morgan fingerprint density at radius 2 is 2.40 bits per heavy atom. The topological polar surface area (TPSA) is 58.6 Å². The van der Waals surface area contributed by atoms with Crippen LogP contribution in [0.15, 0.2) is 18.2 Å². The van der Waals surface area contributed by atoms with Crippen molar-refractivity contribution in [2.45, 2.75) is 19.0 Å². The first kappa shape index (κ1) is 13.5. The number of hydrogen-bond donors (Lipinski definition) is 2. The highest BCUT2D eigenvalue weighted by molar-refractivity contribution is 7.21. The average molecular weight is 295 g/mol. The predicted octanol–water partition coefficient (Wildman–Crippen LogP) is 2.62. The van der Waals surface area contributed by atoms with Gasteiger partial charge in [-0.05, 0) is 18.6 Å². The molecule has 1 saturated heterocycles. The van der Waals surface area contributed by atoms with Crippen LogP contribution in [0.4, 0.5) is 4.39 Å². The van der Waals surface area contributed by atoms with Gasteiger partial charge in [0.15, 0.2) is 0 Å². The normalized spacial score (nSPS) is 18.8. The molecule has 0 amide bonds. The number of rotatable bonds is 4. The molecule has 0 aliphatic carbocycles. The standard InChI is InChI=1S/C14H14FNO3S/c15-10-2-1-3-11-12(10)9(13(20-11)14(17)18)6-16-8-4-5-19-7-8/h1-3,8,16H,4-7H2,(H,17,18). The van der Waals surface area contributed by atoms with Crippen molar-refractivity contribution in [1.82, 2.24) is 5.32 Å². The van der Waals surface area contributed by atoms with Gasteiger partial charge in [-0.1, -0.05) is 6.07 Å². The zero-order chi connectivity index (χ0) is 14.1. The lowest BCUT2D eigenvalue weighted by Gasteiger charge is -2.10. The summed E-state index contributed by atoms with van der Waals surface area (Å²) in [5, 5.41) is 13.0. The monoisotopic (exact) mass is 295 g/mol. The van der Waals surface area contributed by atoms with Gasteiger partial charge in [-0.25, -0.2) is 9.18 Å². The number of ether oxygens (including phenoxy) is 1. The molecule has 2 N–H and O–H groups in total. The molecule has 6 heteroatoms. The number of carboxylic acids is 1. The van der Waals surface area contributed by atoms with E-state index in [9.17, 15) is 14.3 Å². The summed E-state index contributed by atoms with van der Waals surface area (Å²) in [5.74, 6) is -1.38. The van der Waals surface area contributed by atoms with Gasteiger partial charge in [0.25, 0.3) is 0 Å². The molecule has 0 saturated carbocycles. The van der Waals surface area contributed by atoms with Crippen LogP contribution in [0.1, 0.15) is 21.7 Å². The van der Waals surface area contributed by atoms with E-state index in [1.165, 1.54) is 6.07 Å². The Hall–Kier alpha value is -1.50. The van der Waals surface area contributed by atoms with Crippen molar-refractivity contribution in [2.24, 2.45) is 0 Å². The van der Waals surface area contributed by atoms with E-state index in [1.807, 2.05) is 0 Å². The minimum absolute atomic E-state index is 0.205. The number of thiophene rings is 1. The molecule has 4 nitrogen and oxygen atoms in total. The van der Waals surface area contributed by atoms with Gasteiger partial charge in [-0.2, -0.15) is 0 Å². The van der Waals surface area contributed by atoms with Gasteiger partial charge in [0, 0.05) is 34.8 Å². The van der Waals surface area contributed by atoms with Gasteiger partial charge in [-0.15, -0.1) is 11.3 Å². The fourth-order valence-electron chi connectivity index (χ4n) is 2.45. The Balaban J connectivity index is 1.97. The van der Waals surface area contributed by atoms with Crippen molar-refractivity contribution in [3.8, 4) is 0 Å². The lowest BCUT2D eigenvalue weighted by Crippen LogP contribution is -2.29. The Bertz CT molecular complexity index is 649. The molecule has 1 aliphatic rings. The van der Waals surface area contributed by atoms with Gasteiger partial charge >= 0.3 is 5.97 Å². The van der Waals surface area contributed by atoms with E-state index in [0.29, 0.717) is 35.4 Å². The van der Waals surface area contributed by atoms with Crippen LogP contribution in [-0.4, -0.2) is 30.3 Å². The second-order valence-corrected chi connectivity index (χ2v) is 5.82. The summed E-state index contributed by atoms with van der Waals surface area (Å²) < 4.78 is 19.9. The summed E-state index contributed by atoms with van der Waals surface area (Å²) in [4.78, 5) is 11.5. The molecule has 1 aromatic heterocycles. The van der Waals surface area contributed by atoms with Crippen LogP contribution in [0.2, 0.25) is 0 Å². The van der Waals surface area contributed by atoms with Gasteiger partial charge in [0.1, 0.15) is 10.7 Å². The maximum Gasteiger partial charge on any atom is 0.346 e. The highest BCUT2D eigenvalue weighted by Gasteiger charge is 2.22. The second-order valence-electron chi connectivity index (χ2n) is 4.77. The van der Waals surface area contributed by atoms with E-state index in [-0.39, 0.29) is 16.7 Å². The lowest BCUT2D eigenvalue weighted by molar-refractivity contribution is 0.0701. The number of benzene rings is 1. The van der Waals surface area contributed by atoms with Crippen LogP contribution in [0.5, 0.6) is 0 Å². The van der Waals surface area contributed by atoms with Crippen molar-refractivity contribution in [1.29, 1.82) is 0 Å². The third-order valence-electron chi connectivity index (χ3n) is 3.45. The third kappa shape index (κ3) is 2.42. The number of fused-ring (bicyclic) bond motifs is 1. The molecule has 3 rings (SSSR count). The average Bonchev–Trinajstić information content (AvgIpc) is 3.03. The third-order valence-corrected chi connectivity index (χ3v) is 4.64. The molecule has 20 heavy (non-hydrogen) atoms. The van der Waals surface area contributed by atoms with E-state index in [1.54, 1.807) is 12.1 Å². The molecule has 1 atom stereocenters. The fourth-order valence-corrected chi connectivity index (χ4v) is 3.52. The van der Waals surface area contributed by atoms with Crippen molar-refractivity contribution in [3.05, 3.63) is 34.5 Å². The Kier molecular flexibility index (Phi) is 3.69. The zero-order valence-corrected chi connectivity index (χ0v) is 11.5. The number of carbonyl (C=O) groups is 1. The van der Waals surface area contributed by atoms with Crippen LogP contribution >= 0.6 is 11.3 Å². The molecule has 1 aliphatic heterocycles. The molecule has 0 bridgehead atoms. The first-order valence-corrected chi connectivity index (χ1v) is 7.23. The van der Waals surface area contributed by atoms with Crippen molar-refractivity contribution < 1.29 is 19.0 Å². The van der Waals surface area contributed by atoms with Crippen molar-refractivity contribution in [2.75, 3.05) is 13.2 Å². The van der Waals surface area contributed by atoms with E-state index >= 15 is 0 Å². The number of nitrogens with one attached hydrogen (secondary N) is 1. The molecular weight excluding hydrogens is 281 g/mol. The van der Waals surface area contributed by atoms with Crippen molar-refractivity contribution in [3.63, 3.8) is 0 Å². The fraction of sp³-hybridized carbons (Fsp3) is 0.357. The van der Waals surface area contributed by atoms with Crippen molar-refractivity contribution >= 4 is 27.4 Å². The summed E-state index contributed by atoms with van der Waals surface area (Å²) in [7, 11) is 0. The van der Waals surface area contributed by atoms with Gasteiger partial charge in [0.05, 0.1) is 6.61 Å². The van der Waals surface area contributed by atoms with Gasteiger partial charge in [-0.3, -0.25) is 0 Å². The molecular formula is C14H14FNO3S. The SMILES string of the molecule is O=C(O)c1sc2cccc(F)c2c1CNC1CCOC1. The minimum atomic E-state index is -1.01. The number of hydrogen-bond acceptors (Lipinski definition) is 4. The van der Waals surface area contributed by atoms with Crippen LogP contribution in [0.25, 0.3) is 10.1 Å². The zero-order valence-electron chi connectivity index (χ0n) is 10.7. The summed E-state index contributed by atoms with van der Waals surface area (Å²) in [6.45, 7) is 1.67. The van der Waals surface area contributed by atoms with Crippen LogP contribution < -0.4 is 5.32 Å². The lowest BCUT2D eigenvalue weighted by atomic mass is 10.1. The molecule has 0 spiro atoms. The van der Waals surface area contributed by atoms with Crippen LogP contribution in [-0.2, 0) is 11.3 Å². The summed E-state index contributed by atoms with van der Waals surface area (Å²) >= 11 is 1.12. The maximum atomic E-state index is 14.0. The smallest absolute Gasteiger partial charge is 0.346 e. The minimum Gasteiger partial charge on any atom is -0.477 e. The summed E-state index contributed by atoms with van der Waals surface area (Å²) in [6.07, 6.45) is 0.896. The molecule has 106 valence electrons. The molecule has 1 aromatic carbocycles. The molecule has 0 radical (unpaired) electrons. The Morgan fingerprint density at radius 3 is 3.10 bits per heavy atom. The highest BCUT2D eigenvalue weighted by atomic mass is 32.1. The van der Waals surface area contributed by atoms with Gasteiger partial charge < -0.3 is 15.2 Å². The molecule has 2 heterocycles. The highest BCUT2D eigenvalue weighted by Crippen LogP contribution is 2.33. The molecule has 2 aromatic rings. The van der Waals surface area contributed by atoms with E-state index in [0.717, 1.165) is 17.8 Å². The quantitative estimate of drug-likeness (QED) is 0.910. The van der Waals surface area contributed by atoms with Crippen LogP contribution in [0, 0.1) is 5.82 Å². The first-order valence-electron chi connectivity index (χ1n) is 6.41. The van der Waals surface area contributed by atoms with E-state index in [4.69, 9.17) is 4.74 Å². The second kappa shape index (κ2) is 5.47. The van der Waals surface area contributed by atoms with E-state index in [2.05, 4.69) is 5.32 Å². The molecule has 1 fully saturated rings. The Morgan fingerprint density at radius 1 is 1.55 bits per heavy atom. The Labute approximate surface area is 119 Å². The number of aromatic carboxylic acids is 1.